The van der Waals surface area contributed by atoms with Gasteiger partial charge in [0, 0.05) is 18.0 Å². The van der Waals surface area contributed by atoms with Gasteiger partial charge in [-0.2, -0.15) is 5.26 Å². The van der Waals surface area contributed by atoms with Gasteiger partial charge in [0.15, 0.2) is 6.61 Å². The van der Waals surface area contributed by atoms with Gasteiger partial charge in [-0.3, -0.25) is 14.4 Å². The Hall–Kier alpha value is -3.08. The van der Waals surface area contributed by atoms with Crippen LogP contribution in [-0.2, 0) is 14.4 Å². The number of carbonyl (C=O) groups excluding carboxylic acids is 3. The predicted octanol–water partition coefficient (Wildman–Crippen LogP) is 2.17. The van der Waals surface area contributed by atoms with Crippen molar-refractivity contribution in [3.8, 4) is 11.8 Å². The fourth-order valence-electron chi connectivity index (χ4n) is 5.78. The summed E-state index contributed by atoms with van der Waals surface area (Å²) in [4.78, 5) is 40.3. The molecule has 1 saturated carbocycles. The highest BCUT2D eigenvalue weighted by Gasteiger charge is 2.69. The summed E-state index contributed by atoms with van der Waals surface area (Å²) in [5.41, 5.74) is 0.750. The van der Waals surface area contributed by atoms with Crippen LogP contribution in [0.4, 0.5) is 0 Å². The van der Waals surface area contributed by atoms with Gasteiger partial charge < -0.3 is 20.3 Å². The molecule has 3 amide bonds. The Morgan fingerprint density at radius 2 is 1.94 bits per heavy atom. The van der Waals surface area contributed by atoms with Crippen LogP contribution in [0.2, 0.25) is 0 Å². The van der Waals surface area contributed by atoms with E-state index >= 15 is 0 Å². The molecule has 1 aromatic rings. The van der Waals surface area contributed by atoms with E-state index < -0.39 is 12.1 Å². The first-order chi connectivity index (χ1) is 15.9. The van der Waals surface area contributed by atoms with Crippen LogP contribution in [-0.4, -0.2) is 53.4 Å². The molecule has 34 heavy (non-hydrogen) atoms. The number of amides is 3. The minimum Gasteiger partial charge on any atom is -0.484 e. The Balaban J connectivity index is 1.41. The molecule has 1 aromatic carbocycles. The second kappa shape index (κ2) is 8.61. The molecule has 1 aliphatic carbocycles. The maximum absolute atomic E-state index is 13.4. The fraction of sp³-hybridized carbons (Fsp3) is 0.615. The SMILES string of the molecule is Cc1ccc(OCC(=O)N2C[C@H]3[C@@H]([C@H]2C(=O)N[C@H](C#N)C[C@@H]2CC(C)(C)NC2=O)C3(C)C)cc1. The number of rotatable bonds is 7. The first-order valence-electron chi connectivity index (χ1n) is 11.9. The van der Waals surface area contributed by atoms with E-state index in [9.17, 15) is 19.6 Å². The predicted molar refractivity (Wildman–Crippen MR) is 125 cm³/mol. The van der Waals surface area contributed by atoms with E-state index in [-0.39, 0.29) is 59.5 Å². The highest BCUT2D eigenvalue weighted by molar-refractivity contribution is 5.90. The minimum absolute atomic E-state index is 0.0336. The summed E-state index contributed by atoms with van der Waals surface area (Å²) >= 11 is 0. The number of piperidine rings is 1. The number of likely N-dealkylation sites (tertiary alicyclic amines) is 1. The second-order valence-electron chi connectivity index (χ2n) is 11.2. The molecule has 3 aliphatic rings. The summed E-state index contributed by atoms with van der Waals surface area (Å²) in [7, 11) is 0. The Labute approximate surface area is 201 Å². The summed E-state index contributed by atoms with van der Waals surface area (Å²) in [5.74, 6) is -0.0902. The third kappa shape index (κ3) is 4.61. The highest BCUT2D eigenvalue weighted by atomic mass is 16.5. The zero-order valence-electron chi connectivity index (χ0n) is 20.6. The topological polar surface area (TPSA) is 112 Å². The molecule has 0 radical (unpaired) electrons. The van der Waals surface area contributed by atoms with Gasteiger partial charge in [0.1, 0.15) is 17.8 Å². The zero-order chi connectivity index (χ0) is 24.8. The smallest absolute Gasteiger partial charge is 0.261 e. The largest absolute Gasteiger partial charge is 0.484 e. The third-order valence-corrected chi connectivity index (χ3v) is 7.76. The van der Waals surface area contributed by atoms with Crippen LogP contribution in [0.25, 0.3) is 0 Å². The van der Waals surface area contributed by atoms with Crippen molar-refractivity contribution >= 4 is 17.7 Å². The molecule has 8 nitrogen and oxygen atoms in total. The lowest BCUT2D eigenvalue weighted by molar-refractivity contribution is -0.142. The van der Waals surface area contributed by atoms with Crippen molar-refractivity contribution in [2.45, 2.75) is 65.1 Å². The van der Waals surface area contributed by atoms with Gasteiger partial charge in [0.25, 0.3) is 5.91 Å². The Morgan fingerprint density at radius 3 is 2.53 bits per heavy atom. The van der Waals surface area contributed by atoms with Crippen LogP contribution in [0.15, 0.2) is 24.3 Å². The number of ether oxygens (including phenoxy) is 1. The average Bonchev–Trinajstić information content (AvgIpc) is 3.07. The summed E-state index contributed by atoms with van der Waals surface area (Å²) in [5, 5.41) is 15.4. The molecular formula is C26H34N4O4. The van der Waals surface area contributed by atoms with Gasteiger partial charge in [0.05, 0.1) is 6.07 Å². The maximum atomic E-state index is 13.4. The van der Waals surface area contributed by atoms with Crippen molar-refractivity contribution in [2.24, 2.45) is 23.2 Å². The molecule has 0 bridgehead atoms. The van der Waals surface area contributed by atoms with Crippen LogP contribution in [0.5, 0.6) is 5.75 Å². The number of nitriles is 1. The molecule has 4 rings (SSSR count). The van der Waals surface area contributed by atoms with Crippen molar-refractivity contribution in [1.29, 1.82) is 5.26 Å². The van der Waals surface area contributed by atoms with E-state index in [1.54, 1.807) is 4.90 Å². The summed E-state index contributed by atoms with van der Waals surface area (Å²) in [6.45, 7) is 10.4. The number of nitrogens with zero attached hydrogens (tertiary/aromatic N) is 2. The molecule has 2 aliphatic heterocycles. The van der Waals surface area contributed by atoms with E-state index in [1.807, 2.05) is 45.0 Å². The number of hydrogen-bond acceptors (Lipinski definition) is 5. The van der Waals surface area contributed by atoms with E-state index in [0.29, 0.717) is 18.7 Å². The standard InChI is InChI=1S/C26H34N4O4/c1-15-6-8-18(9-7-15)34-14-20(31)30-13-19-21(26(19,4)5)22(30)24(33)28-17(12-27)10-16-11-25(2,3)29-23(16)32/h6-9,16-17,19,21-22H,10-11,13-14H2,1-5H3,(H,28,33)(H,29,32)/t16-,17+,19+,21+,22+/m1/s1. The maximum Gasteiger partial charge on any atom is 0.261 e. The van der Waals surface area contributed by atoms with Gasteiger partial charge in [0.2, 0.25) is 11.8 Å². The Kier molecular flexibility index (Phi) is 6.09. The second-order valence-corrected chi connectivity index (χ2v) is 11.2. The Bertz CT molecular complexity index is 1030. The monoisotopic (exact) mass is 466 g/mol. The number of carbonyl (C=O) groups is 3. The molecule has 182 valence electrons. The van der Waals surface area contributed by atoms with Crippen LogP contribution >= 0.6 is 0 Å². The minimum atomic E-state index is -0.793. The van der Waals surface area contributed by atoms with E-state index in [0.717, 1.165) is 5.56 Å². The molecule has 0 unspecified atom stereocenters. The molecule has 8 heteroatoms. The lowest BCUT2D eigenvalue weighted by atomic mass is 9.91. The van der Waals surface area contributed by atoms with Crippen molar-refractivity contribution in [2.75, 3.05) is 13.2 Å². The molecule has 2 saturated heterocycles. The summed E-state index contributed by atoms with van der Waals surface area (Å²) in [6.07, 6.45) is 0.869. The molecule has 5 atom stereocenters. The first-order valence-corrected chi connectivity index (χ1v) is 11.9. The number of aryl methyl sites for hydroxylation is 1. The highest BCUT2D eigenvalue weighted by Crippen LogP contribution is 2.64. The number of benzene rings is 1. The van der Waals surface area contributed by atoms with Gasteiger partial charge in [-0.1, -0.05) is 31.5 Å². The van der Waals surface area contributed by atoms with E-state index in [2.05, 4.69) is 30.6 Å². The van der Waals surface area contributed by atoms with Crippen molar-refractivity contribution < 1.29 is 19.1 Å². The first kappa shape index (κ1) is 24.1. The molecule has 0 spiro atoms. The van der Waals surface area contributed by atoms with Crippen LogP contribution in [0.3, 0.4) is 0 Å². The average molecular weight is 467 g/mol. The summed E-state index contributed by atoms with van der Waals surface area (Å²) < 4.78 is 5.67. The van der Waals surface area contributed by atoms with Gasteiger partial charge in [-0.25, -0.2) is 0 Å². The third-order valence-electron chi connectivity index (χ3n) is 7.76. The van der Waals surface area contributed by atoms with Crippen molar-refractivity contribution in [1.82, 2.24) is 15.5 Å². The van der Waals surface area contributed by atoms with E-state index in [1.165, 1.54) is 0 Å². The molecule has 2 heterocycles. The quantitative estimate of drug-likeness (QED) is 0.640. The van der Waals surface area contributed by atoms with Crippen molar-refractivity contribution in [3.63, 3.8) is 0 Å². The Morgan fingerprint density at radius 1 is 1.26 bits per heavy atom. The lowest BCUT2D eigenvalue weighted by Gasteiger charge is -2.30. The van der Waals surface area contributed by atoms with E-state index in [4.69, 9.17) is 4.74 Å². The molecule has 0 aromatic heterocycles. The fourth-order valence-corrected chi connectivity index (χ4v) is 5.78. The van der Waals surface area contributed by atoms with Crippen molar-refractivity contribution in [3.05, 3.63) is 29.8 Å². The number of fused-ring (bicyclic) bond motifs is 1. The van der Waals surface area contributed by atoms with Gasteiger partial charge in [-0.15, -0.1) is 0 Å². The lowest BCUT2D eigenvalue weighted by Crippen LogP contribution is -2.53. The van der Waals surface area contributed by atoms with Crippen LogP contribution in [0, 0.1) is 41.4 Å². The summed E-state index contributed by atoms with van der Waals surface area (Å²) in [6, 6.07) is 8.16. The van der Waals surface area contributed by atoms with Crippen LogP contribution < -0.4 is 15.4 Å². The molecular weight excluding hydrogens is 432 g/mol. The molecule has 3 fully saturated rings. The molecule has 2 N–H and O–H groups in total. The van der Waals surface area contributed by atoms with Gasteiger partial charge in [-0.05, 0) is 63.0 Å². The number of nitrogens with one attached hydrogen (secondary N) is 2. The number of hydrogen-bond donors (Lipinski definition) is 2. The van der Waals surface area contributed by atoms with Gasteiger partial charge >= 0.3 is 0 Å². The normalized spacial score (nSPS) is 28.9. The van der Waals surface area contributed by atoms with Crippen LogP contribution in [0.1, 0.15) is 46.1 Å². The zero-order valence-corrected chi connectivity index (χ0v) is 20.6.